The van der Waals surface area contributed by atoms with Gasteiger partial charge < -0.3 is 34.6 Å². The van der Waals surface area contributed by atoms with Crippen molar-refractivity contribution in [1.29, 1.82) is 0 Å². The van der Waals surface area contributed by atoms with E-state index in [1.54, 1.807) is 42.5 Å². The Kier molecular flexibility index (Phi) is 30.8. The lowest BCUT2D eigenvalue weighted by molar-refractivity contribution is -0.161. The monoisotopic (exact) mass is 742 g/mol. The quantitative estimate of drug-likeness (QED) is 0.0150. The first kappa shape index (κ1) is 48.6. The van der Waals surface area contributed by atoms with E-state index in [0.717, 1.165) is 31.6 Å². The Morgan fingerprint density at radius 2 is 1.22 bits per heavy atom. The van der Waals surface area contributed by atoms with Crippen molar-refractivity contribution in [2.75, 3.05) is 13.2 Å². The smallest absolute Gasteiger partial charge is 0.462 e. The lowest BCUT2D eigenvalue weighted by Gasteiger charge is -2.18. The highest BCUT2D eigenvalue weighted by molar-refractivity contribution is 7.46. The molecule has 0 aliphatic carbocycles. The number of phosphoric acid groups is 1. The minimum absolute atomic E-state index is 0.0898. The van der Waals surface area contributed by atoms with Gasteiger partial charge in [0.2, 0.25) is 0 Å². The van der Waals surface area contributed by atoms with Crippen molar-refractivity contribution in [2.45, 2.75) is 154 Å². The molecule has 4 atom stereocenters. The average molecular weight is 743 g/mol. The summed E-state index contributed by atoms with van der Waals surface area (Å²) >= 11 is 0. The summed E-state index contributed by atoms with van der Waals surface area (Å²) in [5, 5.41) is 30.2. The van der Waals surface area contributed by atoms with Crippen LogP contribution in [0.3, 0.4) is 0 Å². The molecule has 294 valence electrons. The fourth-order valence-corrected chi connectivity index (χ4v) is 5.26. The van der Waals surface area contributed by atoms with E-state index in [0.29, 0.717) is 12.8 Å². The van der Waals surface area contributed by atoms with Crippen LogP contribution in [0.5, 0.6) is 0 Å². The highest BCUT2D eigenvalue weighted by Crippen LogP contribution is 2.36. The predicted octanol–water partition coefficient (Wildman–Crippen LogP) is 7.72. The molecule has 0 rings (SSSR count). The molecule has 0 bridgehead atoms. The maximum atomic E-state index is 12.4. The molecule has 0 saturated carbocycles. The van der Waals surface area contributed by atoms with Crippen LogP contribution in [0.2, 0.25) is 0 Å². The molecule has 0 aromatic heterocycles. The molecule has 0 amide bonds. The van der Waals surface area contributed by atoms with Gasteiger partial charge in [0.25, 0.3) is 0 Å². The van der Waals surface area contributed by atoms with Gasteiger partial charge in [-0.05, 0) is 38.0 Å². The van der Waals surface area contributed by atoms with Crippen LogP contribution in [-0.4, -0.2) is 74.7 Å². The van der Waals surface area contributed by atoms with Crippen LogP contribution in [0.15, 0.2) is 60.8 Å². The van der Waals surface area contributed by atoms with E-state index in [9.17, 15) is 29.5 Å². The normalized spacial score (nSPS) is 15.2. The van der Waals surface area contributed by atoms with Crippen molar-refractivity contribution in [3.8, 4) is 0 Å². The first-order chi connectivity index (χ1) is 24.3. The molecule has 0 aromatic carbocycles. The number of rotatable bonds is 32. The second kappa shape index (κ2) is 32.3. The van der Waals surface area contributed by atoms with Crippen molar-refractivity contribution in [3.63, 3.8) is 0 Å². The second-order valence-electron chi connectivity index (χ2n) is 13.2. The summed E-state index contributed by atoms with van der Waals surface area (Å²) in [6, 6.07) is 0. The minimum atomic E-state index is -4.83. The van der Waals surface area contributed by atoms with Gasteiger partial charge in [-0.2, -0.15) is 0 Å². The third-order valence-electron chi connectivity index (χ3n) is 7.82. The maximum absolute atomic E-state index is 12.4. The fourth-order valence-electron chi connectivity index (χ4n) is 4.90. The van der Waals surface area contributed by atoms with Gasteiger partial charge in [0, 0.05) is 12.8 Å². The third-order valence-corrected chi connectivity index (χ3v) is 8.31. The van der Waals surface area contributed by atoms with Gasteiger partial charge in [-0.3, -0.25) is 14.1 Å². The number of aliphatic hydroxyl groups excluding tert-OH is 3. The lowest BCUT2D eigenvalue weighted by atomic mass is 10.0. The summed E-state index contributed by atoms with van der Waals surface area (Å²) in [6.45, 7) is 5.46. The van der Waals surface area contributed by atoms with Crippen LogP contribution in [0.25, 0.3) is 0 Å². The van der Waals surface area contributed by atoms with Crippen LogP contribution in [0.1, 0.15) is 130 Å². The summed E-state index contributed by atoms with van der Waals surface area (Å²) in [7, 11) is -4.83. The lowest BCUT2D eigenvalue weighted by Crippen LogP contribution is -2.29. The van der Waals surface area contributed by atoms with Crippen LogP contribution < -0.4 is 0 Å². The van der Waals surface area contributed by atoms with E-state index in [1.807, 2.05) is 19.1 Å². The number of esters is 2. The van der Waals surface area contributed by atoms with Gasteiger partial charge in [0.15, 0.2) is 6.10 Å². The number of hydrogen-bond donors (Lipinski definition) is 5. The molecule has 0 spiro atoms. The number of aliphatic hydroxyl groups is 3. The Morgan fingerprint density at radius 1 is 0.667 bits per heavy atom. The number of carbonyl (C=O) groups is 2. The van der Waals surface area contributed by atoms with Gasteiger partial charge in [0.1, 0.15) is 6.61 Å². The Bertz CT molecular complexity index is 1080. The molecule has 5 N–H and O–H groups in total. The maximum Gasteiger partial charge on any atom is 0.469 e. The molecule has 0 heterocycles. The topological polar surface area (TPSA) is 180 Å². The highest BCUT2D eigenvalue weighted by Gasteiger charge is 2.23. The largest absolute Gasteiger partial charge is 0.469 e. The van der Waals surface area contributed by atoms with Gasteiger partial charge in [-0.15, -0.1) is 0 Å². The molecule has 0 aromatic rings. The summed E-state index contributed by atoms with van der Waals surface area (Å²) < 4.78 is 26.1. The molecule has 0 radical (unpaired) electrons. The Hall–Kier alpha value is -2.37. The number of carbonyl (C=O) groups excluding carboxylic acids is 2. The molecule has 12 heteroatoms. The van der Waals surface area contributed by atoms with Crippen molar-refractivity contribution in [3.05, 3.63) is 60.8 Å². The Labute approximate surface area is 306 Å². The first-order valence-electron chi connectivity index (χ1n) is 18.8. The van der Waals surface area contributed by atoms with E-state index in [-0.39, 0.29) is 25.7 Å². The van der Waals surface area contributed by atoms with Gasteiger partial charge in [-0.25, -0.2) is 4.57 Å². The van der Waals surface area contributed by atoms with Crippen LogP contribution in [0.4, 0.5) is 0 Å². The van der Waals surface area contributed by atoms with Crippen molar-refractivity contribution >= 4 is 19.8 Å². The molecular formula is C39H67O11P. The molecule has 0 aliphatic heterocycles. The van der Waals surface area contributed by atoms with Crippen molar-refractivity contribution in [2.24, 2.45) is 5.92 Å². The fraction of sp³-hybridized carbons (Fsp3) is 0.692. The summed E-state index contributed by atoms with van der Waals surface area (Å²) in [4.78, 5) is 42.7. The summed E-state index contributed by atoms with van der Waals surface area (Å²) in [6.07, 6.45) is 27.6. The second-order valence-corrected chi connectivity index (χ2v) is 14.5. The number of unbranched alkanes of at least 4 members (excludes halogenated alkanes) is 9. The van der Waals surface area contributed by atoms with Crippen molar-refractivity contribution in [1.82, 2.24) is 0 Å². The summed E-state index contributed by atoms with van der Waals surface area (Å²) in [5.41, 5.74) is 0. The van der Waals surface area contributed by atoms with E-state index in [2.05, 4.69) is 18.4 Å². The van der Waals surface area contributed by atoms with E-state index < -0.39 is 57.4 Å². The Morgan fingerprint density at radius 3 is 1.80 bits per heavy atom. The molecule has 51 heavy (non-hydrogen) atoms. The zero-order chi connectivity index (χ0) is 38.2. The van der Waals surface area contributed by atoms with E-state index in [1.165, 1.54) is 51.0 Å². The molecule has 0 fully saturated rings. The van der Waals surface area contributed by atoms with Gasteiger partial charge >= 0.3 is 19.8 Å². The number of allylic oxidation sites excluding steroid dienone is 7. The number of hydrogen-bond acceptors (Lipinski definition) is 9. The van der Waals surface area contributed by atoms with Crippen LogP contribution in [-0.2, 0) is 28.2 Å². The molecule has 0 unspecified atom stereocenters. The third kappa shape index (κ3) is 34.5. The van der Waals surface area contributed by atoms with Crippen LogP contribution >= 0.6 is 7.82 Å². The molecule has 0 aliphatic rings. The van der Waals surface area contributed by atoms with Crippen LogP contribution in [0, 0.1) is 5.92 Å². The minimum Gasteiger partial charge on any atom is -0.462 e. The zero-order valence-corrected chi connectivity index (χ0v) is 32.1. The SMILES string of the molecule is CC/C=C\C[C@@H](O)/C=C/C=C/C=C\C=C/[C@H](O)[C@@H](O)CCCC(=O)OC[C@H](COP(=O)(O)O)OC(=O)CCCCCCCCCCCCC(C)C. The summed E-state index contributed by atoms with van der Waals surface area (Å²) in [5.74, 6) is -0.449. The van der Waals surface area contributed by atoms with Gasteiger partial charge in [-0.1, -0.05) is 146 Å². The zero-order valence-electron chi connectivity index (χ0n) is 31.2. The average Bonchev–Trinajstić information content (AvgIpc) is 3.07. The van der Waals surface area contributed by atoms with E-state index >= 15 is 0 Å². The Balaban J connectivity index is 4.35. The first-order valence-corrected chi connectivity index (χ1v) is 20.3. The molecule has 11 nitrogen and oxygen atoms in total. The standard InChI is InChI=1S/C39H67O11P/c1-4-5-18-25-34(40)26-20-15-12-13-16-21-27-36(41)37(42)28-23-30-38(43)48-31-35(32-49-51(45,46)47)50-39(44)29-22-17-11-9-7-6-8-10-14-19-24-33(2)3/h5,12-13,15-16,18,20-21,26-27,33-37,40-42H,4,6-11,14,17,19,22-25,28-32H2,1-3H3,(H2,45,46,47)/b15-12+,16-13-,18-5-,26-20+,27-21-/t34-,35-,36+,37+/m1/s1. The molecule has 0 saturated heterocycles. The molecular weight excluding hydrogens is 675 g/mol. The van der Waals surface area contributed by atoms with Gasteiger partial charge in [0.05, 0.1) is 24.9 Å². The number of ether oxygens (including phenoxy) is 2. The number of phosphoric ester groups is 1. The predicted molar refractivity (Wildman–Crippen MR) is 202 cm³/mol. The van der Waals surface area contributed by atoms with Crippen molar-refractivity contribution < 1.29 is 53.3 Å². The van der Waals surface area contributed by atoms with E-state index in [4.69, 9.17) is 19.3 Å². The highest BCUT2D eigenvalue weighted by atomic mass is 31.2.